The van der Waals surface area contributed by atoms with E-state index < -0.39 is 46.9 Å². The van der Waals surface area contributed by atoms with Gasteiger partial charge in [-0.3, -0.25) is 19.2 Å². The van der Waals surface area contributed by atoms with E-state index >= 15 is 0 Å². The van der Waals surface area contributed by atoms with E-state index in [1.807, 2.05) is 30.3 Å². The number of Topliss-reactive ketones (excluding diaryl/α,β-unsaturated/α-hetero) is 2. The topological polar surface area (TPSA) is 80.8 Å². The van der Waals surface area contributed by atoms with Gasteiger partial charge in [-0.1, -0.05) is 78.4 Å². The van der Waals surface area contributed by atoms with E-state index in [2.05, 4.69) is 0 Å². The Morgan fingerprint density at radius 3 is 2.00 bits per heavy atom. The van der Waals surface area contributed by atoms with Gasteiger partial charge < -0.3 is 4.74 Å². The molecule has 0 bridgehead atoms. The maximum absolute atomic E-state index is 13.8. The molecule has 0 aromatic heterocycles. The van der Waals surface area contributed by atoms with Crippen LogP contribution < -0.4 is 4.90 Å². The number of imide groups is 1. The Hall–Kier alpha value is -3.87. The van der Waals surface area contributed by atoms with Crippen molar-refractivity contribution in [3.8, 4) is 0 Å². The van der Waals surface area contributed by atoms with Gasteiger partial charge >= 0.3 is 0 Å². The second-order valence-electron chi connectivity index (χ2n) is 8.78. The average Bonchev–Trinajstić information content (AvgIpc) is 3.44. The van der Waals surface area contributed by atoms with Crippen LogP contribution in [-0.2, 0) is 14.3 Å². The van der Waals surface area contributed by atoms with Crippen molar-refractivity contribution < 1.29 is 23.9 Å². The minimum atomic E-state index is -2.08. The lowest BCUT2D eigenvalue weighted by molar-refractivity contribution is -0.126. The fourth-order valence-corrected chi connectivity index (χ4v) is 5.48. The smallest absolute Gasteiger partial charge is 0.241 e. The molecule has 0 radical (unpaired) electrons. The lowest BCUT2D eigenvalue weighted by Crippen LogP contribution is -2.51. The Bertz CT molecular complexity index is 1390. The molecule has 172 valence electrons. The largest absolute Gasteiger partial charge is 0.350 e. The van der Waals surface area contributed by atoms with E-state index in [1.54, 1.807) is 60.7 Å². The lowest BCUT2D eigenvalue weighted by atomic mass is 9.78. The molecule has 2 amide bonds. The highest BCUT2D eigenvalue weighted by Crippen LogP contribution is 2.53. The molecule has 1 spiro atoms. The van der Waals surface area contributed by atoms with Crippen LogP contribution in [0, 0.1) is 11.8 Å². The Balaban J connectivity index is 1.48. The summed E-state index contributed by atoms with van der Waals surface area (Å²) < 4.78 is 6.17. The molecule has 3 aromatic carbocycles. The number of carbonyl (C=O) groups is 4. The van der Waals surface area contributed by atoms with Gasteiger partial charge in [0.2, 0.25) is 29.0 Å². The summed E-state index contributed by atoms with van der Waals surface area (Å²) in [5.74, 6) is -4.61. The molecule has 6 nitrogen and oxygen atoms in total. The van der Waals surface area contributed by atoms with Crippen LogP contribution in [0.1, 0.15) is 26.3 Å². The van der Waals surface area contributed by atoms with E-state index in [0.717, 1.165) is 10.5 Å². The fraction of sp³-hybridized carbons (Fsp3) is 0.143. The van der Waals surface area contributed by atoms with Gasteiger partial charge in [0.25, 0.3) is 0 Å². The molecule has 3 aromatic rings. The van der Waals surface area contributed by atoms with Crippen LogP contribution in [0.15, 0.2) is 84.9 Å². The highest BCUT2D eigenvalue weighted by molar-refractivity contribution is 6.37. The van der Waals surface area contributed by atoms with Crippen molar-refractivity contribution in [3.05, 3.63) is 107 Å². The molecule has 2 saturated heterocycles. The first kappa shape index (κ1) is 21.6. The van der Waals surface area contributed by atoms with E-state index in [9.17, 15) is 19.2 Å². The number of ketones is 2. The summed E-state index contributed by atoms with van der Waals surface area (Å²) in [6.45, 7) is 0. The first-order chi connectivity index (χ1) is 16.9. The second kappa shape index (κ2) is 7.83. The lowest BCUT2D eigenvalue weighted by Gasteiger charge is -2.26. The zero-order valence-electron chi connectivity index (χ0n) is 18.3. The molecule has 2 heterocycles. The highest BCUT2D eigenvalue weighted by atomic mass is 35.5. The number of halogens is 1. The number of nitrogens with zero attached hydrogens (tertiary/aromatic N) is 1. The molecule has 2 fully saturated rings. The highest BCUT2D eigenvalue weighted by Gasteiger charge is 2.74. The summed E-state index contributed by atoms with van der Waals surface area (Å²) in [5.41, 5.74) is -0.487. The number of amides is 2. The summed E-state index contributed by atoms with van der Waals surface area (Å²) in [4.78, 5) is 55.8. The molecule has 6 rings (SSSR count). The predicted molar refractivity (Wildman–Crippen MR) is 129 cm³/mol. The first-order valence-corrected chi connectivity index (χ1v) is 11.5. The van der Waals surface area contributed by atoms with E-state index in [0.29, 0.717) is 10.7 Å². The number of carbonyl (C=O) groups excluding carboxylic acids is 4. The number of rotatable bonds is 3. The zero-order chi connectivity index (χ0) is 24.3. The van der Waals surface area contributed by atoms with Crippen LogP contribution >= 0.6 is 11.6 Å². The minimum Gasteiger partial charge on any atom is -0.350 e. The van der Waals surface area contributed by atoms with Crippen molar-refractivity contribution in [2.45, 2.75) is 11.7 Å². The quantitative estimate of drug-likeness (QED) is 0.408. The van der Waals surface area contributed by atoms with E-state index in [-0.39, 0.29) is 11.1 Å². The predicted octanol–water partition coefficient (Wildman–Crippen LogP) is 4.38. The molecule has 0 saturated carbocycles. The molecule has 7 heteroatoms. The van der Waals surface area contributed by atoms with Gasteiger partial charge in [0, 0.05) is 16.1 Å². The molecular weight excluding hydrogens is 466 g/mol. The standard InChI is InChI=1S/C28H18ClNO5/c29-17-11-13-18(14-12-17)30-26(33)22-21(15-10-16-6-2-1-3-7-16)35-28(23(22)27(30)34)24(31)19-8-4-5-9-20(19)25(28)32/h1-15,21-23H/b15-10+. The third-order valence-corrected chi connectivity index (χ3v) is 7.17. The van der Waals surface area contributed by atoms with Crippen LogP contribution in [0.4, 0.5) is 5.69 Å². The van der Waals surface area contributed by atoms with Crippen molar-refractivity contribution in [1.29, 1.82) is 0 Å². The SMILES string of the molecule is O=C1C2C(/C=C/c3ccccc3)OC3(C(=O)c4ccccc4C3=O)C2C(=O)N1c1ccc(Cl)cc1. The van der Waals surface area contributed by atoms with Crippen LogP contribution in [-0.4, -0.2) is 35.1 Å². The summed E-state index contributed by atoms with van der Waals surface area (Å²) in [6, 6.07) is 22.1. The number of ether oxygens (including phenoxy) is 1. The van der Waals surface area contributed by atoms with Gasteiger partial charge in [0.05, 0.1) is 23.6 Å². The molecular formula is C28H18ClNO5. The van der Waals surface area contributed by atoms with E-state index in [1.165, 1.54) is 0 Å². The van der Waals surface area contributed by atoms with Gasteiger partial charge in [0.15, 0.2) is 0 Å². The van der Waals surface area contributed by atoms with Crippen LogP contribution in [0.5, 0.6) is 0 Å². The number of hydrogen-bond donors (Lipinski definition) is 0. The molecule has 3 atom stereocenters. The third-order valence-electron chi connectivity index (χ3n) is 6.92. The van der Waals surface area contributed by atoms with Crippen LogP contribution in [0.3, 0.4) is 0 Å². The molecule has 1 aliphatic carbocycles. The fourth-order valence-electron chi connectivity index (χ4n) is 5.36. The second-order valence-corrected chi connectivity index (χ2v) is 9.22. The third kappa shape index (κ3) is 3.00. The summed E-state index contributed by atoms with van der Waals surface area (Å²) in [5, 5.41) is 0.452. The number of benzene rings is 3. The monoisotopic (exact) mass is 483 g/mol. The van der Waals surface area contributed by atoms with Crippen molar-refractivity contribution in [2.75, 3.05) is 4.90 Å². The number of hydrogen-bond acceptors (Lipinski definition) is 5. The first-order valence-electron chi connectivity index (χ1n) is 11.2. The van der Waals surface area contributed by atoms with Gasteiger partial charge in [-0.2, -0.15) is 0 Å². The maximum Gasteiger partial charge on any atom is 0.241 e. The van der Waals surface area contributed by atoms with Crippen LogP contribution in [0.25, 0.3) is 6.08 Å². The Kier molecular flexibility index (Phi) is 4.85. The van der Waals surface area contributed by atoms with Gasteiger partial charge in [-0.05, 0) is 29.8 Å². The van der Waals surface area contributed by atoms with Gasteiger partial charge in [-0.15, -0.1) is 0 Å². The molecule has 35 heavy (non-hydrogen) atoms. The number of fused-ring (bicyclic) bond motifs is 3. The zero-order valence-corrected chi connectivity index (χ0v) is 19.0. The van der Waals surface area contributed by atoms with Crippen molar-refractivity contribution in [1.82, 2.24) is 0 Å². The maximum atomic E-state index is 13.8. The van der Waals surface area contributed by atoms with Gasteiger partial charge in [0.1, 0.15) is 0 Å². The van der Waals surface area contributed by atoms with Crippen molar-refractivity contribution in [3.63, 3.8) is 0 Å². The number of anilines is 1. The summed E-state index contributed by atoms with van der Waals surface area (Å²) in [6.07, 6.45) is 2.47. The molecule has 2 aliphatic heterocycles. The van der Waals surface area contributed by atoms with Crippen molar-refractivity contribution in [2.24, 2.45) is 11.8 Å². The molecule has 0 N–H and O–H groups in total. The Labute approximate surface area is 205 Å². The summed E-state index contributed by atoms with van der Waals surface area (Å²) >= 11 is 5.99. The van der Waals surface area contributed by atoms with Gasteiger partial charge in [-0.25, -0.2) is 4.90 Å². The van der Waals surface area contributed by atoms with E-state index in [4.69, 9.17) is 16.3 Å². The van der Waals surface area contributed by atoms with Crippen LogP contribution in [0.2, 0.25) is 5.02 Å². The van der Waals surface area contributed by atoms with Crippen molar-refractivity contribution >= 4 is 46.7 Å². The molecule has 3 aliphatic rings. The molecule has 3 unspecified atom stereocenters. The average molecular weight is 484 g/mol. The summed E-state index contributed by atoms with van der Waals surface area (Å²) in [7, 11) is 0. The normalized spacial score (nSPS) is 24.6. The minimum absolute atomic E-state index is 0.203. The Morgan fingerprint density at radius 1 is 0.771 bits per heavy atom. The Morgan fingerprint density at radius 2 is 1.37 bits per heavy atom.